The Labute approximate surface area is 215 Å². The number of nitrogens with zero attached hydrogens (tertiary/aromatic N) is 2. The van der Waals surface area contributed by atoms with Crippen molar-refractivity contribution in [3.63, 3.8) is 0 Å². The third kappa shape index (κ3) is 7.18. The van der Waals surface area contributed by atoms with Crippen LogP contribution in [0.25, 0.3) is 11.0 Å². The number of fused-ring (bicyclic) bond motifs is 1. The minimum atomic E-state index is -0.0212. The zero-order valence-electron chi connectivity index (χ0n) is 20.2. The second-order valence-electron chi connectivity index (χ2n) is 8.76. The van der Waals surface area contributed by atoms with E-state index in [1.54, 1.807) is 0 Å². The van der Waals surface area contributed by atoms with E-state index >= 15 is 0 Å². The second kappa shape index (κ2) is 12.5. The van der Waals surface area contributed by atoms with Crippen LogP contribution in [0.4, 0.5) is 0 Å². The molecule has 6 heteroatoms. The number of rotatable bonds is 12. The van der Waals surface area contributed by atoms with E-state index in [0.29, 0.717) is 18.7 Å². The lowest BCUT2D eigenvalue weighted by atomic mass is 10.1. The number of carbonyl (C=O) groups excluding carboxylic acids is 1. The van der Waals surface area contributed by atoms with E-state index < -0.39 is 0 Å². The molecule has 0 aliphatic heterocycles. The summed E-state index contributed by atoms with van der Waals surface area (Å²) in [4.78, 5) is 17.1. The highest BCUT2D eigenvalue weighted by molar-refractivity contribution is 9.10. The van der Waals surface area contributed by atoms with Crippen molar-refractivity contribution in [2.75, 3.05) is 13.2 Å². The van der Waals surface area contributed by atoms with Crippen molar-refractivity contribution < 1.29 is 9.53 Å². The number of carbonyl (C=O) groups is 1. The minimum absolute atomic E-state index is 0.0212. The van der Waals surface area contributed by atoms with Gasteiger partial charge in [-0.3, -0.25) is 4.79 Å². The molecule has 3 aromatic carbocycles. The van der Waals surface area contributed by atoms with E-state index in [1.807, 2.05) is 42.5 Å². The average molecular weight is 534 g/mol. The molecule has 0 saturated heterocycles. The smallest absolute Gasteiger partial charge is 0.251 e. The van der Waals surface area contributed by atoms with Crippen molar-refractivity contribution in [2.45, 2.75) is 45.6 Å². The maximum atomic E-state index is 12.2. The molecule has 0 bridgehead atoms. The van der Waals surface area contributed by atoms with Gasteiger partial charge in [0.2, 0.25) is 0 Å². The van der Waals surface area contributed by atoms with Crippen LogP contribution in [0, 0.1) is 6.92 Å². The fourth-order valence-electron chi connectivity index (χ4n) is 4.10. The summed E-state index contributed by atoms with van der Waals surface area (Å²) in [5.41, 5.74) is 4.15. The van der Waals surface area contributed by atoms with E-state index in [9.17, 15) is 4.79 Å². The standard InChI is InChI=1S/C29H32BrN3O2/c1-22-11-17-25(18-12-22)35-21-7-20-33-27-9-5-4-8-26(27)32-28(33)10-3-2-6-19-31-29(34)23-13-15-24(30)16-14-23/h4-5,8-9,11-18H,2-3,6-7,10,19-21H2,1H3,(H,31,34). The van der Waals surface area contributed by atoms with Gasteiger partial charge in [0.25, 0.3) is 5.91 Å². The zero-order valence-corrected chi connectivity index (χ0v) is 21.8. The first-order valence-corrected chi connectivity index (χ1v) is 13.1. The molecule has 1 amide bonds. The van der Waals surface area contributed by atoms with Crippen LogP contribution in [0.1, 0.15) is 47.4 Å². The van der Waals surface area contributed by atoms with Crippen molar-refractivity contribution in [1.29, 1.82) is 0 Å². The van der Waals surface area contributed by atoms with Gasteiger partial charge in [-0.05, 0) is 74.7 Å². The van der Waals surface area contributed by atoms with Gasteiger partial charge < -0.3 is 14.6 Å². The summed E-state index contributed by atoms with van der Waals surface area (Å²) in [7, 11) is 0. The molecule has 0 saturated carbocycles. The summed E-state index contributed by atoms with van der Waals surface area (Å²) >= 11 is 3.40. The highest BCUT2D eigenvalue weighted by Gasteiger charge is 2.10. The fourth-order valence-corrected chi connectivity index (χ4v) is 4.37. The Morgan fingerprint density at radius 1 is 0.943 bits per heavy atom. The highest BCUT2D eigenvalue weighted by atomic mass is 79.9. The van der Waals surface area contributed by atoms with Crippen molar-refractivity contribution >= 4 is 32.9 Å². The fraction of sp³-hybridized carbons (Fsp3) is 0.310. The van der Waals surface area contributed by atoms with Gasteiger partial charge in [-0.1, -0.05) is 52.2 Å². The predicted octanol–water partition coefficient (Wildman–Crippen LogP) is 6.72. The number of aryl methyl sites for hydroxylation is 3. The molecule has 4 aromatic rings. The molecular weight excluding hydrogens is 502 g/mol. The van der Waals surface area contributed by atoms with Crippen LogP contribution in [-0.4, -0.2) is 28.6 Å². The van der Waals surface area contributed by atoms with E-state index in [-0.39, 0.29) is 5.91 Å². The van der Waals surface area contributed by atoms with Gasteiger partial charge in [0.05, 0.1) is 17.6 Å². The van der Waals surface area contributed by atoms with Gasteiger partial charge in [-0.2, -0.15) is 0 Å². The van der Waals surface area contributed by atoms with E-state index in [4.69, 9.17) is 9.72 Å². The molecule has 0 aliphatic rings. The van der Waals surface area contributed by atoms with Crippen LogP contribution in [-0.2, 0) is 13.0 Å². The van der Waals surface area contributed by atoms with E-state index in [1.165, 1.54) is 11.1 Å². The highest BCUT2D eigenvalue weighted by Crippen LogP contribution is 2.19. The Kier molecular flexibility index (Phi) is 8.96. The van der Waals surface area contributed by atoms with Gasteiger partial charge in [-0.15, -0.1) is 0 Å². The first kappa shape index (κ1) is 25.0. The quantitative estimate of drug-likeness (QED) is 0.205. The van der Waals surface area contributed by atoms with Crippen molar-refractivity contribution in [3.8, 4) is 5.75 Å². The van der Waals surface area contributed by atoms with Crippen molar-refractivity contribution in [2.24, 2.45) is 0 Å². The third-order valence-corrected chi connectivity index (χ3v) is 6.55. The molecular formula is C29H32BrN3O2. The average Bonchev–Trinajstić information content (AvgIpc) is 3.22. The van der Waals surface area contributed by atoms with Crippen molar-refractivity contribution in [1.82, 2.24) is 14.9 Å². The summed E-state index contributed by atoms with van der Waals surface area (Å²) in [6, 6.07) is 23.9. The predicted molar refractivity (Wildman–Crippen MR) is 145 cm³/mol. The molecule has 0 unspecified atom stereocenters. The maximum Gasteiger partial charge on any atom is 0.251 e. The molecule has 0 radical (unpaired) electrons. The molecule has 5 nitrogen and oxygen atoms in total. The number of imidazole rings is 1. The van der Waals surface area contributed by atoms with Gasteiger partial charge >= 0.3 is 0 Å². The summed E-state index contributed by atoms with van der Waals surface area (Å²) in [5, 5.41) is 3.01. The molecule has 0 atom stereocenters. The van der Waals surface area contributed by atoms with Crippen LogP contribution < -0.4 is 10.1 Å². The Hall–Kier alpha value is -3.12. The number of hydrogen-bond acceptors (Lipinski definition) is 3. The molecule has 1 aromatic heterocycles. The number of nitrogens with one attached hydrogen (secondary N) is 1. The van der Waals surface area contributed by atoms with Gasteiger partial charge in [0.15, 0.2) is 0 Å². The summed E-state index contributed by atoms with van der Waals surface area (Å²) in [6.07, 6.45) is 4.88. The molecule has 0 fully saturated rings. The van der Waals surface area contributed by atoms with Crippen LogP contribution in [0.15, 0.2) is 77.3 Å². The molecule has 4 rings (SSSR count). The van der Waals surface area contributed by atoms with E-state index in [2.05, 4.69) is 63.1 Å². The normalized spacial score (nSPS) is 11.0. The van der Waals surface area contributed by atoms with Gasteiger partial charge in [-0.25, -0.2) is 4.98 Å². The number of para-hydroxylation sites is 2. The van der Waals surface area contributed by atoms with Gasteiger partial charge in [0.1, 0.15) is 11.6 Å². The molecule has 0 aliphatic carbocycles. The minimum Gasteiger partial charge on any atom is -0.494 e. The zero-order chi connectivity index (χ0) is 24.5. The molecule has 1 heterocycles. The maximum absolute atomic E-state index is 12.2. The lowest BCUT2D eigenvalue weighted by Crippen LogP contribution is -2.24. The number of ether oxygens (including phenoxy) is 1. The summed E-state index contributed by atoms with van der Waals surface area (Å²) in [5.74, 6) is 2.02. The SMILES string of the molecule is Cc1ccc(OCCCn2c(CCCCCNC(=O)c3ccc(Br)cc3)nc3ccccc32)cc1. The van der Waals surface area contributed by atoms with Crippen LogP contribution in [0.2, 0.25) is 0 Å². The first-order valence-electron chi connectivity index (χ1n) is 12.3. The summed E-state index contributed by atoms with van der Waals surface area (Å²) in [6.45, 7) is 4.31. The lowest BCUT2D eigenvalue weighted by molar-refractivity contribution is 0.0953. The molecule has 0 spiro atoms. The van der Waals surface area contributed by atoms with Gasteiger partial charge in [0, 0.05) is 29.5 Å². The van der Waals surface area contributed by atoms with E-state index in [0.717, 1.165) is 60.2 Å². The lowest BCUT2D eigenvalue weighted by Gasteiger charge is -2.11. The number of benzene rings is 3. The van der Waals surface area contributed by atoms with Crippen LogP contribution >= 0.6 is 15.9 Å². The largest absolute Gasteiger partial charge is 0.494 e. The summed E-state index contributed by atoms with van der Waals surface area (Å²) < 4.78 is 9.23. The Morgan fingerprint density at radius 2 is 1.71 bits per heavy atom. The number of unbranched alkanes of at least 4 members (excludes halogenated alkanes) is 2. The van der Waals surface area contributed by atoms with Crippen LogP contribution in [0.3, 0.4) is 0 Å². The Bertz CT molecular complexity index is 1230. The van der Waals surface area contributed by atoms with Crippen LogP contribution in [0.5, 0.6) is 5.75 Å². The number of amides is 1. The topological polar surface area (TPSA) is 56.1 Å². The Balaban J connectivity index is 1.23. The third-order valence-electron chi connectivity index (χ3n) is 6.02. The number of hydrogen-bond donors (Lipinski definition) is 1. The first-order chi connectivity index (χ1) is 17.1. The Morgan fingerprint density at radius 3 is 2.51 bits per heavy atom. The number of halogens is 1. The van der Waals surface area contributed by atoms with Crippen molar-refractivity contribution in [3.05, 3.63) is 94.2 Å². The number of aromatic nitrogens is 2. The monoisotopic (exact) mass is 533 g/mol. The second-order valence-corrected chi connectivity index (χ2v) is 9.67. The molecule has 182 valence electrons. The molecule has 1 N–H and O–H groups in total. The molecule has 35 heavy (non-hydrogen) atoms.